The topological polar surface area (TPSA) is 129 Å². The van der Waals surface area contributed by atoms with E-state index in [1.807, 2.05) is 0 Å². The van der Waals surface area contributed by atoms with Gasteiger partial charge in [-0.3, -0.25) is 28.8 Å². The van der Waals surface area contributed by atoms with Gasteiger partial charge in [0.25, 0.3) is 5.41 Å². The molecule has 8 nitrogen and oxygen atoms in total. The molecule has 0 saturated heterocycles. The quantitative estimate of drug-likeness (QED) is 0.114. The first-order valence-corrected chi connectivity index (χ1v) is 7.85. The molecular formula is C17H12F6O8. The second-order valence-electron chi connectivity index (χ2n) is 6.02. The van der Waals surface area contributed by atoms with E-state index < -0.39 is 76.3 Å². The van der Waals surface area contributed by atoms with Gasteiger partial charge in [0, 0.05) is 0 Å². The van der Waals surface area contributed by atoms with Crippen LogP contribution < -0.4 is 0 Å². The van der Waals surface area contributed by atoms with Crippen molar-refractivity contribution >= 4 is 42.2 Å². The van der Waals surface area contributed by atoms with Crippen LogP contribution in [0.15, 0.2) is 22.8 Å². The molecule has 0 aromatic heterocycles. The van der Waals surface area contributed by atoms with Crippen molar-refractivity contribution in [3.05, 3.63) is 22.8 Å². The normalized spacial score (nSPS) is 12.9. The van der Waals surface area contributed by atoms with E-state index in [0.29, 0.717) is 6.92 Å². The lowest BCUT2D eigenvalue weighted by Gasteiger charge is -2.23. The predicted molar refractivity (Wildman–Crippen MR) is 84.6 cm³/mol. The standard InChI is InChI=1S/C17H12F6O8/c1-5(2)31-13(27)9(17(14(21)28,15(22)29)16(23)30)7(10(18)24)4-6(3)8(11(19)25)12(20)26/h4-5,8H,1-3H3. The van der Waals surface area contributed by atoms with Crippen molar-refractivity contribution in [2.45, 2.75) is 26.9 Å². The molecule has 0 saturated carbocycles. The third-order valence-electron chi connectivity index (χ3n) is 3.57. The smallest absolute Gasteiger partial charge is 0.337 e. The first kappa shape index (κ1) is 27.5. The van der Waals surface area contributed by atoms with Crippen molar-refractivity contribution < 1.29 is 64.6 Å². The van der Waals surface area contributed by atoms with Crippen molar-refractivity contribution in [2.24, 2.45) is 11.3 Å². The number of carbonyl (C=O) groups is 7. The van der Waals surface area contributed by atoms with Crippen LogP contribution in [0, 0.1) is 11.3 Å². The van der Waals surface area contributed by atoms with Crippen molar-refractivity contribution in [3.63, 3.8) is 0 Å². The summed E-state index contributed by atoms with van der Waals surface area (Å²) < 4.78 is 84.5. The molecule has 0 spiro atoms. The van der Waals surface area contributed by atoms with Gasteiger partial charge in [-0.1, -0.05) is 0 Å². The minimum absolute atomic E-state index is 0.261. The Morgan fingerprint density at radius 1 is 0.774 bits per heavy atom. The highest BCUT2D eigenvalue weighted by molar-refractivity contribution is 6.27. The summed E-state index contributed by atoms with van der Waals surface area (Å²) in [7, 11) is 0. The van der Waals surface area contributed by atoms with Gasteiger partial charge in [-0.25, -0.2) is 4.79 Å². The Morgan fingerprint density at radius 3 is 1.42 bits per heavy atom. The Kier molecular flexibility index (Phi) is 9.37. The van der Waals surface area contributed by atoms with Gasteiger partial charge in [0.1, 0.15) is 0 Å². The summed E-state index contributed by atoms with van der Waals surface area (Å²) in [6.45, 7) is 2.56. The number of hydrogen-bond acceptors (Lipinski definition) is 8. The van der Waals surface area contributed by atoms with Crippen molar-refractivity contribution in [1.82, 2.24) is 0 Å². The molecule has 0 atom stereocenters. The predicted octanol–water partition coefficient (Wildman–Crippen LogP) is 1.76. The van der Waals surface area contributed by atoms with E-state index in [-0.39, 0.29) is 6.08 Å². The highest BCUT2D eigenvalue weighted by atomic mass is 19.2. The molecule has 0 N–H and O–H groups in total. The van der Waals surface area contributed by atoms with Crippen LogP contribution in [0.3, 0.4) is 0 Å². The summed E-state index contributed by atoms with van der Waals surface area (Å²) in [6.07, 6.45) is -1.56. The summed E-state index contributed by atoms with van der Waals surface area (Å²) in [5.74, 6) is -5.31. The zero-order valence-electron chi connectivity index (χ0n) is 15.8. The fourth-order valence-electron chi connectivity index (χ4n) is 2.25. The van der Waals surface area contributed by atoms with Crippen LogP contribution in [0.4, 0.5) is 26.3 Å². The van der Waals surface area contributed by atoms with Gasteiger partial charge in [0.2, 0.25) is 0 Å². The fraction of sp³-hybridized carbons (Fsp3) is 0.353. The largest absolute Gasteiger partial charge is 0.460 e. The summed E-state index contributed by atoms with van der Waals surface area (Å²) in [4.78, 5) is 78.8. The van der Waals surface area contributed by atoms with Crippen LogP contribution in [-0.2, 0) is 38.3 Å². The molecule has 14 heteroatoms. The molecule has 0 bridgehead atoms. The van der Waals surface area contributed by atoms with Gasteiger partial charge in [-0.2, -0.15) is 26.3 Å². The monoisotopic (exact) mass is 458 g/mol. The van der Waals surface area contributed by atoms with Gasteiger partial charge in [0.05, 0.1) is 17.3 Å². The third-order valence-corrected chi connectivity index (χ3v) is 3.57. The van der Waals surface area contributed by atoms with Crippen LogP contribution >= 0.6 is 0 Å². The van der Waals surface area contributed by atoms with E-state index in [4.69, 9.17) is 0 Å². The molecule has 0 rings (SSSR count). The van der Waals surface area contributed by atoms with E-state index in [0.717, 1.165) is 13.8 Å². The van der Waals surface area contributed by atoms with Crippen molar-refractivity contribution in [3.8, 4) is 0 Å². The highest BCUT2D eigenvalue weighted by Gasteiger charge is 2.62. The SMILES string of the molecule is CC(=CC(C(=O)F)=C(C(=O)OC(C)C)C(C(=O)F)(C(=O)F)C(=O)F)C(C(=O)F)C(=O)F. The summed E-state index contributed by atoms with van der Waals surface area (Å²) >= 11 is 0. The average Bonchev–Trinajstić information content (AvgIpc) is 2.54. The number of esters is 1. The third kappa shape index (κ3) is 5.79. The zero-order valence-corrected chi connectivity index (χ0v) is 15.8. The molecule has 170 valence electrons. The van der Waals surface area contributed by atoms with Crippen molar-refractivity contribution in [2.75, 3.05) is 0 Å². The molecule has 0 aliphatic rings. The molecule has 0 fully saturated rings. The van der Waals surface area contributed by atoms with E-state index >= 15 is 0 Å². The minimum Gasteiger partial charge on any atom is -0.460 e. The zero-order chi connectivity index (χ0) is 24.8. The molecule has 0 aromatic carbocycles. The minimum atomic E-state index is -4.99. The number of allylic oxidation sites excluding steroid dienone is 3. The van der Waals surface area contributed by atoms with Crippen LogP contribution in [0.25, 0.3) is 0 Å². The van der Waals surface area contributed by atoms with Crippen LogP contribution in [-0.4, -0.2) is 48.3 Å². The number of ether oxygens (including phenoxy) is 1. The van der Waals surface area contributed by atoms with Crippen LogP contribution in [0.5, 0.6) is 0 Å². The summed E-state index contributed by atoms with van der Waals surface area (Å²) in [5.41, 5.74) is -10.9. The number of rotatable bonds is 11. The molecule has 31 heavy (non-hydrogen) atoms. The second-order valence-corrected chi connectivity index (χ2v) is 6.02. The fourth-order valence-corrected chi connectivity index (χ4v) is 2.25. The lowest BCUT2D eigenvalue weighted by atomic mass is 9.78. The molecule has 0 aromatic rings. The average molecular weight is 458 g/mol. The van der Waals surface area contributed by atoms with E-state index in [1.54, 1.807) is 0 Å². The molecule has 0 aliphatic carbocycles. The molecule has 0 aliphatic heterocycles. The van der Waals surface area contributed by atoms with Gasteiger partial charge in [-0.15, -0.1) is 0 Å². The summed E-state index contributed by atoms with van der Waals surface area (Å²) in [6, 6.07) is -19.0. The Balaban J connectivity index is 7.68. The molecular weight excluding hydrogens is 446 g/mol. The number of carbonyl (C=O) groups excluding carboxylic acids is 7. The Morgan fingerprint density at radius 2 is 1.16 bits per heavy atom. The molecule has 0 radical (unpaired) electrons. The van der Waals surface area contributed by atoms with E-state index in [1.165, 1.54) is 0 Å². The Labute approximate surface area is 168 Å². The van der Waals surface area contributed by atoms with Crippen molar-refractivity contribution in [1.29, 1.82) is 0 Å². The molecule has 0 unspecified atom stereocenters. The lowest BCUT2D eigenvalue weighted by Crippen LogP contribution is -2.47. The first-order chi connectivity index (χ1) is 14.0. The maximum Gasteiger partial charge on any atom is 0.337 e. The number of hydrogen-bond donors (Lipinski definition) is 0. The highest BCUT2D eigenvalue weighted by Crippen LogP contribution is 2.38. The summed E-state index contributed by atoms with van der Waals surface area (Å²) in [5, 5.41) is 0. The number of halogens is 6. The van der Waals surface area contributed by atoms with E-state index in [9.17, 15) is 59.9 Å². The van der Waals surface area contributed by atoms with Crippen LogP contribution in [0.1, 0.15) is 20.8 Å². The van der Waals surface area contributed by atoms with Gasteiger partial charge in [0.15, 0.2) is 5.92 Å². The van der Waals surface area contributed by atoms with Crippen LogP contribution in [0.2, 0.25) is 0 Å². The Hall–Kier alpha value is -3.45. The second kappa shape index (κ2) is 10.5. The van der Waals surface area contributed by atoms with E-state index in [2.05, 4.69) is 4.74 Å². The lowest BCUT2D eigenvalue weighted by molar-refractivity contribution is -0.165. The molecule has 0 amide bonds. The van der Waals surface area contributed by atoms with Gasteiger partial charge in [-0.05, 0) is 32.4 Å². The maximum absolute atomic E-state index is 13.7. The van der Waals surface area contributed by atoms with Gasteiger partial charge < -0.3 is 4.74 Å². The Bertz CT molecular complexity index is 868. The molecule has 0 heterocycles. The first-order valence-electron chi connectivity index (χ1n) is 7.85. The maximum atomic E-state index is 13.7. The van der Waals surface area contributed by atoms with Gasteiger partial charge >= 0.3 is 42.2 Å².